The Morgan fingerprint density at radius 1 is 1.27 bits per heavy atom. The topological polar surface area (TPSA) is 29.3 Å². The first-order chi connectivity index (χ1) is 7.20. The Morgan fingerprint density at radius 2 is 2.07 bits per heavy atom. The Morgan fingerprint density at radius 3 is 2.67 bits per heavy atom. The van der Waals surface area contributed by atoms with E-state index in [2.05, 4.69) is 18.7 Å². The van der Waals surface area contributed by atoms with Crippen molar-refractivity contribution in [2.24, 2.45) is 17.6 Å². The van der Waals surface area contributed by atoms with E-state index in [0.29, 0.717) is 12.0 Å². The second-order valence-corrected chi connectivity index (χ2v) is 5.69. The Labute approximate surface area is 94.2 Å². The SMILES string of the molecule is CCC1CCCC(N2CC(C)C(N)C2)C1. The fourth-order valence-electron chi connectivity index (χ4n) is 3.29. The van der Waals surface area contributed by atoms with Crippen molar-refractivity contribution in [1.82, 2.24) is 4.90 Å². The first-order valence-corrected chi connectivity index (χ1v) is 6.70. The van der Waals surface area contributed by atoms with Crippen LogP contribution in [0.15, 0.2) is 0 Å². The summed E-state index contributed by atoms with van der Waals surface area (Å²) in [7, 11) is 0. The highest BCUT2D eigenvalue weighted by Crippen LogP contribution is 2.32. The van der Waals surface area contributed by atoms with Gasteiger partial charge in [0.25, 0.3) is 0 Å². The molecule has 2 N–H and O–H groups in total. The van der Waals surface area contributed by atoms with E-state index < -0.39 is 0 Å². The molecule has 88 valence electrons. The van der Waals surface area contributed by atoms with Crippen molar-refractivity contribution in [3.8, 4) is 0 Å². The maximum atomic E-state index is 6.10. The zero-order valence-electron chi connectivity index (χ0n) is 10.3. The van der Waals surface area contributed by atoms with Crippen LogP contribution >= 0.6 is 0 Å². The highest BCUT2D eigenvalue weighted by atomic mass is 15.2. The standard InChI is InChI=1S/C13H26N2/c1-3-11-5-4-6-12(7-11)15-8-10(2)13(14)9-15/h10-13H,3-9,14H2,1-2H3. The molecule has 1 saturated carbocycles. The van der Waals surface area contributed by atoms with E-state index in [1.165, 1.54) is 38.6 Å². The van der Waals surface area contributed by atoms with Gasteiger partial charge >= 0.3 is 0 Å². The van der Waals surface area contributed by atoms with Gasteiger partial charge in [-0.15, -0.1) is 0 Å². The highest BCUT2D eigenvalue weighted by molar-refractivity contribution is 4.90. The number of hydrogen-bond donors (Lipinski definition) is 1. The molecule has 4 unspecified atom stereocenters. The molecule has 2 nitrogen and oxygen atoms in total. The average molecular weight is 210 g/mol. The van der Waals surface area contributed by atoms with Crippen LogP contribution in [0, 0.1) is 11.8 Å². The summed E-state index contributed by atoms with van der Waals surface area (Å²) in [6.07, 6.45) is 7.10. The van der Waals surface area contributed by atoms with Crippen LogP contribution in [0.1, 0.15) is 46.0 Å². The lowest BCUT2D eigenvalue weighted by molar-refractivity contribution is 0.150. The van der Waals surface area contributed by atoms with Crippen LogP contribution in [0.4, 0.5) is 0 Å². The molecular weight excluding hydrogens is 184 g/mol. The summed E-state index contributed by atoms with van der Waals surface area (Å²) in [6, 6.07) is 1.27. The molecule has 0 aromatic rings. The molecule has 0 aromatic heterocycles. The van der Waals surface area contributed by atoms with Gasteiger partial charge in [0.2, 0.25) is 0 Å². The largest absolute Gasteiger partial charge is 0.326 e. The first-order valence-electron chi connectivity index (χ1n) is 6.70. The number of nitrogens with zero attached hydrogens (tertiary/aromatic N) is 1. The average Bonchev–Trinajstić information content (AvgIpc) is 2.59. The highest BCUT2D eigenvalue weighted by Gasteiger charge is 2.33. The van der Waals surface area contributed by atoms with Gasteiger partial charge in [0.05, 0.1) is 0 Å². The van der Waals surface area contributed by atoms with Gasteiger partial charge in [0.15, 0.2) is 0 Å². The molecule has 2 heteroatoms. The summed E-state index contributed by atoms with van der Waals surface area (Å²) < 4.78 is 0. The quantitative estimate of drug-likeness (QED) is 0.757. The molecule has 2 aliphatic rings. The molecule has 0 radical (unpaired) electrons. The normalized spacial score (nSPS) is 43.4. The molecule has 1 aliphatic heterocycles. The second kappa shape index (κ2) is 4.84. The lowest BCUT2D eigenvalue weighted by Crippen LogP contribution is -2.38. The number of hydrogen-bond acceptors (Lipinski definition) is 2. The van der Waals surface area contributed by atoms with Crippen molar-refractivity contribution < 1.29 is 0 Å². The van der Waals surface area contributed by atoms with Gasteiger partial charge in [-0.3, -0.25) is 4.90 Å². The summed E-state index contributed by atoms with van der Waals surface area (Å²) in [4.78, 5) is 2.66. The summed E-state index contributed by atoms with van der Waals surface area (Å²) in [5.74, 6) is 1.68. The molecule has 0 amide bonds. The maximum Gasteiger partial charge on any atom is 0.0206 e. The van der Waals surface area contributed by atoms with Crippen LogP contribution in [0.2, 0.25) is 0 Å². The fourth-order valence-corrected chi connectivity index (χ4v) is 3.29. The van der Waals surface area contributed by atoms with Crippen molar-refractivity contribution in [2.45, 2.75) is 58.0 Å². The van der Waals surface area contributed by atoms with E-state index in [-0.39, 0.29) is 0 Å². The molecule has 1 saturated heterocycles. The molecule has 0 spiro atoms. The van der Waals surface area contributed by atoms with Crippen LogP contribution in [0.25, 0.3) is 0 Å². The minimum absolute atomic E-state index is 0.423. The Balaban J connectivity index is 1.88. The summed E-state index contributed by atoms with van der Waals surface area (Å²) in [6.45, 7) is 7.01. The van der Waals surface area contributed by atoms with Crippen molar-refractivity contribution in [1.29, 1.82) is 0 Å². The van der Waals surface area contributed by atoms with Crippen LogP contribution in [0.3, 0.4) is 0 Å². The molecule has 1 aliphatic carbocycles. The summed E-state index contributed by atoms with van der Waals surface area (Å²) in [5, 5.41) is 0. The van der Waals surface area contributed by atoms with Gasteiger partial charge < -0.3 is 5.73 Å². The molecule has 1 heterocycles. The molecular formula is C13H26N2. The van der Waals surface area contributed by atoms with E-state index in [4.69, 9.17) is 5.73 Å². The number of rotatable bonds is 2. The van der Waals surface area contributed by atoms with Gasteiger partial charge in [-0.2, -0.15) is 0 Å². The Bertz CT molecular complexity index is 195. The molecule has 4 atom stereocenters. The fraction of sp³-hybridized carbons (Fsp3) is 1.00. The molecule has 0 bridgehead atoms. The lowest BCUT2D eigenvalue weighted by Gasteiger charge is -2.35. The zero-order valence-corrected chi connectivity index (χ0v) is 10.3. The number of nitrogens with two attached hydrogens (primary N) is 1. The second-order valence-electron chi connectivity index (χ2n) is 5.69. The summed E-state index contributed by atoms with van der Waals surface area (Å²) >= 11 is 0. The van der Waals surface area contributed by atoms with E-state index in [0.717, 1.165) is 18.5 Å². The van der Waals surface area contributed by atoms with Gasteiger partial charge in [0, 0.05) is 25.2 Å². The van der Waals surface area contributed by atoms with Gasteiger partial charge in [-0.1, -0.05) is 33.1 Å². The third-order valence-corrected chi connectivity index (χ3v) is 4.55. The zero-order chi connectivity index (χ0) is 10.8. The Hall–Kier alpha value is -0.0800. The maximum absolute atomic E-state index is 6.10. The predicted molar refractivity (Wildman–Crippen MR) is 64.7 cm³/mol. The summed E-state index contributed by atoms with van der Waals surface area (Å²) in [5.41, 5.74) is 6.10. The predicted octanol–water partition coefficient (Wildman–Crippen LogP) is 2.23. The smallest absolute Gasteiger partial charge is 0.0206 e. The Kier molecular flexibility index (Phi) is 3.68. The minimum atomic E-state index is 0.423. The third kappa shape index (κ3) is 2.54. The van der Waals surface area contributed by atoms with Gasteiger partial charge in [-0.25, -0.2) is 0 Å². The molecule has 2 rings (SSSR count). The van der Waals surface area contributed by atoms with E-state index >= 15 is 0 Å². The van der Waals surface area contributed by atoms with Gasteiger partial charge in [-0.05, 0) is 24.7 Å². The minimum Gasteiger partial charge on any atom is -0.326 e. The van der Waals surface area contributed by atoms with Crippen molar-refractivity contribution in [3.63, 3.8) is 0 Å². The van der Waals surface area contributed by atoms with Gasteiger partial charge in [0.1, 0.15) is 0 Å². The van der Waals surface area contributed by atoms with Crippen molar-refractivity contribution in [2.75, 3.05) is 13.1 Å². The van der Waals surface area contributed by atoms with Crippen LogP contribution in [-0.2, 0) is 0 Å². The number of likely N-dealkylation sites (tertiary alicyclic amines) is 1. The van der Waals surface area contributed by atoms with E-state index in [1.54, 1.807) is 0 Å². The molecule has 15 heavy (non-hydrogen) atoms. The lowest BCUT2D eigenvalue weighted by atomic mass is 9.83. The first kappa shape index (κ1) is 11.4. The monoisotopic (exact) mass is 210 g/mol. The van der Waals surface area contributed by atoms with E-state index in [9.17, 15) is 0 Å². The third-order valence-electron chi connectivity index (χ3n) is 4.55. The van der Waals surface area contributed by atoms with Crippen molar-refractivity contribution in [3.05, 3.63) is 0 Å². The van der Waals surface area contributed by atoms with Crippen LogP contribution < -0.4 is 5.73 Å². The van der Waals surface area contributed by atoms with Crippen LogP contribution in [-0.4, -0.2) is 30.1 Å². The molecule has 0 aromatic carbocycles. The molecule has 2 fully saturated rings. The van der Waals surface area contributed by atoms with Crippen molar-refractivity contribution >= 4 is 0 Å². The van der Waals surface area contributed by atoms with E-state index in [1.807, 2.05) is 0 Å². The van der Waals surface area contributed by atoms with Crippen LogP contribution in [0.5, 0.6) is 0 Å².